The summed E-state index contributed by atoms with van der Waals surface area (Å²) in [7, 11) is -3.38. The van der Waals surface area contributed by atoms with Gasteiger partial charge in [-0.1, -0.05) is 18.2 Å². The van der Waals surface area contributed by atoms with Gasteiger partial charge in [-0.05, 0) is 12.1 Å². The van der Waals surface area contributed by atoms with E-state index in [2.05, 4.69) is 4.18 Å². The van der Waals surface area contributed by atoms with Gasteiger partial charge in [-0.3, -0.25) is 0 Å². The molecule has 0 saturated carbocycles. The molecule has 0 aromatic heterocycles. The fourth-order valence-corrected chi connectivity index (χ4v) is 1.11. The molecular formula is C7H9ClO3S. The second-order valence-corrected chi connectivity index (χ2v) is 3.68. The van der Waals surface area contributed by atoms with Crippen molar-refractivity contribution in [1.29, 1.82) is 0 Å². The van der Waals surface area contributed by atoms with Crippen LogP contribution in [-0.2, 0) is 10.1 Å². The Kier molecular flexibility index (Phi) is 4.06. The van der Waals surface area contributed by atoms with Crippen molar-refractivity contribution < 1.29 is 12.6 Å². The van der Waals surface area contributed by atoms with Crippen molar-refractivity contribution >= 4 is 22.5 Å². The molecule has 0 radical (unpaired) electrons. The lowest BCUT2D eigenvalue weighted by Gasteiger charge is -1.99. The van der Waals surface area contributed by atoms with Crippen LogP contribution < -0.4 is 4.18 Å². The average Bonchev–Trinajstić information content (AvgIpc) is 1.85. The van der Waals surface area contributed by atoms with Crippen LogP contribution in [0.5, 0.6) is 5.75 Å². The first-order valence-corrected chi connectivity index (χ1v) is 4.84. The summed E-state index contributed by atoms with van der Waals surface area (Å²) in [6.45, 7) is 0. The van der Waals surface area contributed by atoms with Gasteiger partial charge in [0.1, 0.15) is 5.75 Å². The van der Waals surface area contributed by atoms with Crippen LogP contribution in [0, 0.1) is 0 Å². The molecule has 0 bridgehead atoms. The van der Waals surface area contributed by atoms with Crippen LogP contribution in [0.4, 0.5) is 0 Å². The Hall–Kier alpha value is -0.740. The van der Waals surface area contributed by atoms with Crippen molar-refractivity contribution in [2.24, 2.45) is 0 Å². The van der Waals surface area contributed by atoms with Crippen LogP contribution in [0.3, 0.4) is 0 Å². The molecule has 0 aliphatic heterocycles. The van der Waals surface area contributed by atoms with Gasteiger partial charge in [0, 0.05) is 0 Å². The molecule has 1 aromatic rings. The SMILES string of the molecule is CS(=O)(=O)Oc1ccccc1.Cl. The molecule has 5 heteroatoms. The van der Waals surface area contributed by atoms with E-state index in [0.717, 1.165) is 6.26 Å². The van der Waals surface area contributed by atoms with E-state index in [-0.39, 0.29) is 12.4 Å². The Morgan fingerprint density at radius 2 is 1.67 bits per heavy atom. The third-order valence-electron chi connectivity index (χ3n) is 0.991. The highest BCUT2D eigenvalue weighted by Crippen LogP contribution is 2.09. The number of hydrogen-bond donors (Lipinski definition) is 0. The summed E-state index contributed by atoms with van der Waals surface area (Å²) in [5.74, 6) is 0.343. The molecule has 1 rings (SSSR count). The van der Waals surface area contributed by atoms with Gasteiger partial charge in [-0.2, -0.15) is 8.42 Å². The second-order valence-electron chi connectivity index (χ2n) is 2.10. The second kappa shape index (κ2) is 4.33. The van der Waals surface area contributed by atoms with Gasteiger partial charge >= 0.3 is 10.1 Å². The zero-order valence-corrected chi connectivity index (χ0v) is 8.06. The van der Waals surface area contributed by atoms with Gasteiger partial charge in [-0.15, -0.1) is 12.4 Å². The van der Waals surface area contributed by atoms with Crippen LogP contribution in [0.15, 0.2) is 30.3 Å². The molecular weight excluding hydrogens is 200 g/mol. The molecule has 0 aliphatic rings. The Morgan fingerprint density at radius 3 is 2.08 bits per heavy atom. The number of benzene rings is 1. The van der Waals surface area contributed by atoms with Crippen molar-refractivity contribution in [2.75, 3.05) is 6.26 Å². The van der Waals surface area contributed by atoms with Gasteiger partial charge in [0.25, 0.3) is 0 Å². The molecule has 0 atom stereocenters. The standard InChI is InChI=1S/C7H8O3S.ClH/c1-11(8,9)10-7-5-3-2-4-6-7;/h2-6H,1H3;1H. The van der Waals surface area contributed by atoms with E-state index in [9.17, 15) is 8.42 Å². The van der Waals surface area contributed by atoms with Gasteiger partial charge in [0.15, 0.2) is 0 Å². The zero-order valence-electron chi connectivity index (χ0n) is 6.43. The zero-order chi connectivity index (χ0) is 8.32. The molecule has 0 heterocycles. The third-order valence-corrected chi connectivity index (χ3v) is 1.49. The maximum absolute atomic E-state index is 10.6. The Balaban J connectivity index is 0.00000121. The van der Waals surface area contributed by atoms with Crippen molar-refractivity contribution in [1.82, 2.24) is 0 Å². The van der Waals surface area contributed by atoms with E-state index >= 15 is 0 Å². The van der Waals surface area contributed by atoms with E-state index in [0.29, 0.717) is 5.75 Å². The Morgan fingerprint density at radius 1 is 1.17 bits per heavy atom. The predicted molar refractivity (Wildman–Crippen MR) is 49.2 cm³/mol. The molecule has 0 fully saturated rings. The van der Waals surface area contributed by atoms with Crippen molar-refractivity contribution in [2.45, 2.75) is 0 Å². The molecule has 3 nitrogen and oxygen atoms in total. The summed E-state index contributed by atoms with van der Waals surface area (Å²) < 4.78 is 25.7. The maximum Gasteiger partial charge on any atom is 0.306 e. The van der Waals surface area contributed by atoms with Gasteiger partial charge in [0.2, 0.25) is 0 Å². The van der Waals surface area contributed by atoms with Crippen LogP contribution in [0.25, 0.3) is 0 Å². The first kappa shape index (κ1) is 11.3. The predicted octanol–water partition coefficient (Wildman–Crippen LogP) is 1.45. The van der Waals surface area contributed by atoms with Gasteiger partial charge in [0.05, 0.1) is 6.26 Å². The average molecular weight is 209 g/mol. The molecule has 0 amide bonds. The minimum absolute atomic E-state index is 0. The van der Waals surface area contributed by atoms with Crippen LogP contribution in [0.1, 0.15) is 0 Å². The smallest absolute Gasteiger partial charge is 0.306 e. The summed E-state index contributed by atoms with van der Waals surface area (Å²) in [5, 5.41) is 0. The number of rotatable bonds is 2. The van der Waals surface area contributed by atoms with Crippen molar-refractivity contribution in [3.8, 4) is 5.75 Å². The van der Waals surface area contributed by atoms with E-state index in [1.54, 1.807) is 30.3 Å². The summed E-state index contributed by atoms with van der Waals surface area (Å²) in [6, 6.07) is 8.37. The Bertz CT molecular complexity index is 320. The van der Waals surface area contributed by atoms with Gasteiger partial charge in [-0.25, -0.2) is 0 Å². The molecule has 0 aliphatic carbocycles. The minimum atomic E-state index is -3.38. The fraction of sp³-hybridized carbons (Fsp3) is 0.143. The lowest BCUT2D eigenvalue weighted by Crippen LogP contribution is -2.05. The highest BCUT2D eigenvalue weighted by Gasteiger charge is 2.01. The van der Waals surface area contributed by atoms with E-state index in [1.165, 1.54) is 0 Å². The van der Waals surface area contributed by atoms with E-state index in [4.69, 9.17) is 0 Å². The molecule has 0 N–H and O–H groups in total. The summed E-state index contributed by atoms with van der Waals surface area (Å²) in [4.78, 5) is 0. The number of halogens is 1. The van der Waals surface area contributed by atoms with Crippen LogP contribution in [0.2, 0.25) is 0 Å². The topological polar surface area (TPSA) is 43.4 Å². The normalized spacial score (nSPS) is 10.1. The lowest BCUT2D eigenvalue weighted by atomic mass is 10.3. The van der Waals surface area contributed by atoms with Gasteiger partial charge < -0.3 is 4.18 Å². The number of hydrogen-bond acceptors (Lipinski definition) is 3. The highest BCUT2D eigenvalue weighted by atomic mass is 35.5. The molecule has 0 unspecified atom stereocenters. The van der Waals surface area contributed by atoms with E-state index in [1.807, 2.05) is 0 Å². The summed E-state index contributed by atoms with van der Waals surface area (Å²) >= 11 is 0. The van der Waals surface area contributed by atoms with Crippen LogP contribution in [-0.4, -0.2) is 14.7 Å². The van der Waals surface area contributed by atoms with E-state index < -0.39 is 10.1 Å². The maximum atomic E-state index is 10.6. The first-order valence-electron chi connectivity index (χ1n) is 3.02. The monoisotopic (exact) mass is 208 g/mol. The molecule has 0 spiro atoms. The quantitative estimate of drug-likeness (QED) is 0.691. The van der Waals surface area contributed by atoms with Crippen molar-refractivity contribution in [3.05, 3.63) is 30.3 Å². The Labute approximate surface area is 77.9 Å². The first-order chi connectivity index (χ1) is 5.08. The summed E-state index contributed by atoms with van der Waals surface area (Å²) in [6.07, 6.45) is 1.01. The highest BCUT2D eigenvalue weighted by molar-refractivity contribution is 7.86. The molecule has 12 heavy (non-hydrogen) atoms. The third kappa shape index (κ3) is 4.20. The summed E-state index contributed by atoms with van der Waals surface area (Å²) in [5.41, 5.74) is 0. The molecule has 1 aromatic carbocycles. The van der Waals surface area contributed by atoms with Crippen LogP contribution >= 0.6 is 12.4 Å². The fourth-order valence-electron chi connectivity index (χ4n) is 0.651. The molecule has 68 valence electrons. The number of para-hydroxylation sites is 1. The largest absolute Gasteiger partial charge is 0.383 e. The van der Waals surface area contributed by atoms with Crippen molar-refractivity contribution in [3.63, 3.8) is 0 Å². The minimum Gasteiger partial charge on any atom is -0.383 e. The lowest BCUT2D eigenvalue weighted by molar-refractivity contribution is 0.493. The molecule has 0 saturated heterocycles.